The Morgan fingerprint density at radius 2 is 2.10 bits per heavy atom. The molecule has 7 nitrogen and oxygen atoms in total. The number of ether oxygens (including phenoxy) is 1. The standard InChI is InChI=1S/C19H19ClN4O3S2/c1-12(25)21-9-8-18-22-23-19(24(18)13-4-3-5-14(10-13)27-2)28-11-15(26)16-6-7-17(20)29-16/h3-7,10H,8-9,11H2,1-2H3,(H,21,25). The number of nitrogens with one attached hydrogen (secondary N) is 1. The predicted molar refractivity (Wildman–Crippen MR) is 115 cm³/mol. The van der Waals surface area contributed by atoms with E-state index in [0.717, 1.165) is 5.69 Å². The van der Waals surface area contributed by atoms with Gasteiger partial charge in [0.1, 0.15) is 11.6 Å². The molecule has 10 heteroatoms. The first-order chi connectivity index (χ1) is 14.0. The number of amides is 1. The molecular weight excluding hydrogens is 432 g/mol. The van der Waals surface area contributed by atoms with Gasteiger partial charge in [-0.15, -0.1) is 21.5 Å². The zero-order valence-corrected chi connectivity index (χ0v) is 18.2. The second kappa shape index (κ2) is 9.91. The molecule has 0 spiro atoms. The first kappa shape index (κ1) is 21.4. The number of methoxy groups -OCH3 is 1. The van der Waals surface area contributed by atoms with Crippen LogP contribution in [0.5, 0.6) is 5.75 Å². The van der Waals surface area contributed by atoms with Crippen LogP contribution in [0.25, 0.3) is 5.69 Å². The molecule has 1 amide bonds. The van der Waals surface area contributed by atoms with Gasteiger partial charge in [-0.3, -0.25) is 14.2 Å². The third-order valence-corrected chi connectivity index (χ3v) is 6.12. The van der Waals surface area contributed by atoms with Crippen molar-refractivity contribution in [3.63, 3.8) is 0 Å². The predicted octanol–water partition coefficient (Wildman–Crippen LogP) is 3.64. The monoisotopic (exact) mass is 450 g/mol. The molecule has 3 aromatic rings. The van der Waals surface area contributed by atoms with Crippen LogP contribution in [-0.2, 0) is 11.2 Å². The molecule has 0 fully saturated rings. The summed E-state index contributed by atoms with van der Waals surface area (Å²) < 4.78 is 7.78. The molecule has 1 N–H and O–H groups in total. The van der Waals surface area contributed by atoms with E-state index in [-0.39, 0.29) is 17.4 Å². The van der Waals surface area contributed by atoms with Gasteiger partial charge in [0.15, 0.2) is 10.9 Å². The smallest absolute Gasteiger partial charge is 0.216 e. The fourth-order valence-corrected chi connectivity index (χ4v) is 4.51. The minimum absolute atomic E-state index is 0.0214. The highest BCUT2D eigenvalue weighted by Crippen LogP contribution is 2.27. The molecule has 0 saturated heterocycles. The Hall–Kier alpha value is -2.36. The van der Waals surface area contributed by atoms with Crippen LogP contribution in [0.2, 0.25) is 4.34 Å². The van der Waals surface area contributed by atoms with Crippen LogP contribution in [0.3, 0.4) is 0 Å². The molecule has 0 aliphatic rings. The van der Waals surface area contributed by atoms with E-state index in [2.05, 4.69) is 15.5 Å². The summed E-state index contributed by atoms with van der Waals surface area (Å²) in [6.45, 7) is 1.91. The van der Waals surface area contributed by atoms with Gasteiger partial charge in [-0.1, -0.05) is 29.4 Å². The van der Waals surface area contributed by atoms with E-state index in [4.69, 9.17) is 16.3 Å². The second-order valence-corrected chi connectivity index (χ2v) is 8.64. The molecule has 0 aliphatic carbocycles. The normalized spacial score (nSPS) is 10.7. The van der Waals surface area contributed by atoms with Crippen molar-refractivity contribution < 1.29 is 14.3 Å². The van der Waals surface area contributed by atoms with Gasteiger partial charge in [-0.05, 0) is 24.3 Å². The summed E-state index contributed by atoms with van der Waals surface area (Å²) in [5.41, 5.74) is 0.821. The Bertz CT molecular complexity index is 1020. The van der Waals surface area contributed by atoms with Crippen LogP contribution in [0.4, 0.5) is 0 Å². The summed E-state index contributed by atoms with van der Waals surface area (Å²) in [6, 6.07) is 10.9. The van der Waals surface area contributed by atoms with Gasteiger partial charge in [-0.25, -0.2) is 0 Å². The van der Waals surface area contributed by atoms with Gasteiger partial charge in [0.2, 0.25) is 5.91 Å². The summed E-state index contributed by atoms with van der Waals surface area (Å²) in [5.74, 6) is 1.47. The summed E-state index contributed by atoms with van der Waals surface area (Å²) >= 11 is 8.48. The Balaban J connectivity index is 1.84. The van der Waals surface area contributed by atoms with E-state index in [1.54, 1.807) is 19.2 Å². The number of ketones is 1. The van der Waals surface area contributed by atoms with E-state index in [1.165, 1.54) is 30.0 Å². The van der Waals surface area contributed by atoms with E-state index < -0.39 is 0 Å². The van der Waals surface area contributed by atoms with Gasteiger partial charge in [0.05, 0.1) is 27.8 Å². The molecule has 0 aliphatic heterocycles. The highest BCUT2D eigenvalue weighted by molar-refractivity contribution is 7.99. The number of hydrogen-bond acceptors (Lipinski definition) is 7. The van der Waals surface area contributed by atoms with E-state index in [0.29, 0.717) is 38.9 Å². The maximum atomic E-state index is 12.4. The molecule has 1 aromatic carbocycles. The van der Waals surface area contributed by atoms with E-state index in [9.17, 15) is 9.59 Å². The van der Waals surface area contributed by atoms with E-state index in [1.807, 2.05) is 28.8 Å². The SMILES string of the molecule is COc1cccc(-n2c(CCNC(C)=O)nnc2SCC(=O)c2ccc(Cl)s2)c1. The van der Waals surface area contributed by atoms with E-state index >= 15 is 0 Å². The molecule has 2 aromatic heterocycles. The molecular formula is C19H19ClN4O3S2. The summed E-state index contributed by atoms with van der Waals surface area (Å²) in [6.07, 6.45) is 0.499. The zero-order valence-electron chi connectivity index (χ0n) is 15.8. The average molecular weight is 451 g/mol. The molecule has 0 bridgehead atoms. The summed E-state index contributed by atoms with van der Waals surface area (Å²) in [7, 11) is 1.60. The number of thiophene rings is 1. The van der Waals surface area contributed by atoms with Gasteiger partial charge >= 0.3 is 0 Å². The number of nitrogens with zero attached hydrogens (tertiary/aromatic N) is 3. The minimum atomic E-state index is -0.104. The van der Waals surface area contributed by atoms with Crippen LogP contribution < -0.4 is 10.1 Å². The number of halogens is 1. The number of carbonyl (C=O) groups is 2. The number of carbonyl (C=O) groups excluding carboxylic acids is 2. The lowest BCUT2D eigenvalue weighted by molar-refractivity contribution is -0.118. The largest absolute Gasteiger partial charge is 0.497 e. The number of rotatable bonds is 9. The number of aromatic nitrogens is 3. The topological polar surface area (TPSA) is 86.1 Å². The quantitative estimate of drug-likeness (QED) is 0.395. The third-order valence-electron chi connectivity index (χ3n) is 3.91. The highest BCUT2D eigenvalue weighted by Gasteiger charge is 2.17. The lowest BCUT2D eigenvalue weighted by Gasteiger charge is -2.11. The fraction of sp³-hybridized carbons (Fsp3) is 0.263. The van der Waals surface area contributed by atoms with Crippen molar-refractivity contribution in [2.45, 2.75) is 18.5 Å². The van der Waals surface area contributed by atoms with Crippen molar-refractivity contribution in [3.05, 3.63) is 51.4 Å². The first-order valence-corrected chi connectivity index (χ1v) is 10.9. The van der Waals surface area contributed by atoms with Crippen LogP contribution in [0, 0.1) is 0 Å². The lowest BCUT2D eigenvalue weighted by Crippen LogP contribution is -2.23. The maximum absolute atomic E-state index is 12.4. The molecule has 2 heterocycles. The minimum Gasteiger partial charge on any atom is -0.497 e. The molecule has 152 valence electrons. The lowest BCUT2D eigenvalue weighted by atomic mass is 10.3. The van der Waals surface area contributed by atoms with Gasteiger partial charge in [0.25, 0.3) is 0 Å². The number of thioether (sulfide) groups is 1. The molecule has 0 unspecified atom stereocenters. The Morgan fingerprint density at radius 3 is 2.79 bits per heavy atom. The molecule has 0 radical (unpaired) electrons. The number of hydrogen-bond donors (Lipinski definition) is 1. The van der Waals surface area contributed by atoms with Crippen molar-refractivity contribution in [1.82, 2.24) is 20.1 Å². The second-order valence-electron chi connectivity index (χ2n) is 5.98. The Labute approximate surface area is 181 Å². The Kier molecular flexibility index (Phi) is 7.29. The van der Waals surface area contributed by atoms with Gasteiger partial charge in [-0.2, -0.15) is 0 Å². The average Bonchev–Trinajstić information content (AvgIpc) is 3.32. The maximum Gasteiger partial charge on any atom is 0.216 e. The third kappa shape index (κ3) is 5.59. The van der Waals surface area contributed by atoms with Crippen molar-refractivity contribution >= 4 is 46.4 Å². The highest BCUT2D eigenvalue weighted by atomic mass is 35.5. The number of benzene rings is 1. The zero-order chi connectivity index (χ0) is 20.8. The molecule has 29 heavy (non-hydrogen) atoms. The van der Waals surface area contributed by atoms with Crippen molar-refractivity contribution in [1.29, 1.82) is 0 Å². The number of Topliss-reactive ketones (excluding diaryl/α,β-unsaturated/α-hetero) is 1. The van der Waals surface area contributed by atoms with Crippen molar-refractivity contribution in [2.75, 3.05) is 19.4 Å². The molecule has 0 atom stereocenters. The van der Waals surface area contributed by atoms with Crippen LogP contribution >= 0.6 is 34.7 Å². The van der Waals surface area contributed by atoms with Crippen LogP contribution in [-0.4, -0.2) is 45.9 Å². The van der Waals surface area contributed by atoms with Crippen LogP contribution in [0.1, 0.15) is 22.4 Å². The molecule has 3 rings (SSSR count). The van der Waals surface area contributed by atoms with Gasteiger partial charge in [0, 0.05) is 26.0 Å². The van der Waals surface area contributed by atoms with Crippen LogP contribution in [0.15, 0.2) is 41.6 Å². The van der Waals surface area contributed by atoms with Gasteiger partial charge < -0.3 is 10.1 Å². The fourth-order valence-electron chi connectivity index (χ4n) is 2.58. The Morgan fingerprint density at radius 1 is 1.28 bits per heavy atom. The summed E-state index contributed by atoms with van der Waals surface area (Å²) in [5, 5.41) is 11.9. The van der Waals surface area contributed by atoms with Crippen molar-refractivity contribution in [2.24, 2.45) is 0 Å². The summed E-state index contributed by atoms with van der Waals surface area (Å²) in [4.78, 5) is 24.2. The first-order valence-electron chi connectivity index (χ1n) is 8.72. The molecule has 0 saturated carbocycles. The van der Waals surface area contributed by atoms with Crippen molar-refractivity contribution in [3.8, 4) is 11.4 Å².